The van der Waals surface area contributed by atoms with E-state index >= 15 is 0 Å². The van der Waals surface area contributed by atoms with Crippen LogP contribution in [0.15, 0.2) is 18.3 Å². The van der Waals surface area contributed by atoms with Crippen molar-refractivity contribution in [3.05, 3.63) is 23.9 Å². The van der Waals surface area contributed by atoms with Crippen molar-refractivity contribution in [2.45, 2.75) is 26.4 Å². The second-order valence-corrected chi connectivity index (χ2v) is 4.55. The van der Waals surface area contributed by atoms with Gasteiger partial charge >= 0.3 is 0 Å². The fourth-order valence-corrected chi connectivity index (χ4v) is 1.66. The molecule has 1 aromatic rings. The first-order valence-corrected chi connectivity index (χ1v) is 5.91. The number of pyridine rings is 1. The molecule has 0 saturated carbocycles. The summed E-state index contributed by atoms with van der Waals surface area (Å²) in [5.74, 6) is 6.03. The predicted molar refractivity (Wildman–Crippen MR) is 71.7 cm³/mol. The van der Waals surface area contributed by atoms with Gasteiger partial charge in [-0.25, -0.2) is 10.8 Å². The SMILES string of the molecule is CC(C)NC(=O)CN(C)Cc1cccnc1NN. The molecule has 4 N–H and O–H groups in total. The number of likely N-dealkylation sites (N-methyl/N-ethyl adjacent to an activating group) is 1. The number of nitrogens with zero attached hydrogens (tertiary/aromatic N) is 2. The lowest BCUT2D eigenvalue weighted by molar-refractivity contribution is -0.122. The number of anilines is 1. The van der Waals surface area contributed by atoms with E-state index in [4.69, 9.17) is 5.84 Å². The molecule has 0 aliphatic rings. The Kier molecular flexibility index (Phi) is 5.54. The van der Waals surface area contributed by atoms with Crippen LogP contribution in [0.2, 0.25) is 0 Å². The molecule has 0 atom stereocenters. The molecule has 6 heteroatoms. The number of hydrazine groups is 1. The molecule has 1 rings (SSSR count). The number of hydrogen-bond acceptors (Lipinski definition) is 5. The fourth-order valence-electron chi connectivity index (χ4n) is 1.66. The predicted octanol–water partition coefficient (Wildman–Crippen LogP) is 0.324. The van der Waals surface area contributed by atoms with Crippen LogP contribution in [-0.2, 0) is 11.3 Å². The molecule has 0 unspecified atom stereocenters. The van der Waals surface area contributed by atoms with Crippen LogP contribution < -0.4 is 16.6 Å². The van der Waals surface area contributed by atoms with E-state index in [0.717, 1.165) is 5.56 Å². The number of rotatable bonds is 6. The van der Waals surface area contributed by atoms with Gasteiger partial charge in [0.2, 0.25) is 5.91 Å². The summed E-state index contributed by atoms with van der Waals surface area (Å²) in [4.78, 5) is 17.6. The Morgan fingerprint density at radius 3 is 2.89 bits per heavy atom. The molecule has 0 aliphatic heterocycles. The second-order valence-electron chi connectivity index (χ2n) is 4.55. The van der Waals surface area contributed by atoms with E-state index in [1.165, 1.54) is 0 Å². The van der Waals surface area contributed by atoms with Crippen molar-refractivity contribution in [1.29, 1.82) is 0 Å². The summed E-state index contributed by atoms with van der Waals surface area (Å²) in [6.07, 6.45) is 1.67. The van der Waals surface area contributed by atoms with Crippen LogP contribution >= 0.6 is 0 Å². The Morgan fingerprint density at radius 1 is 1.56 bits per heavy atom. The number of hydrogen-bond donors (Lipinski definition) is 3. The monoisotopic (exact) mass is 251 g/mol. The van der Waals surface area contributed by atoms with E-state index in [-0.39, 0.29) is 11.9 Å². The maximum absolute atomic E-state index is 11.6. The van der Waals surface area contributed by atoms with Crippen LogP contribution in [0.5, 0.6) is 0 Å². The molecule has 1 aromatic heterocycles. The van der Waals surface area contributed by atoms with E-state index in [1.54, 1.807) is 6.20 Å². The van der Waals surface area contributed by atoms with E-state index in [0.29, 0.717) is 18.9 Å². The van der Waals surface area contributed by atoms with Crippen LogP contribution in [0.25, 0.3) is 0 Å². The Bertz CT molecular complexity index is 394. The number of nitrogens with one attached hydrogen (secondary N) is 2. The van der Waals surface area contributed by atoms with Gasteiger partial charge < -0.3 is 10.7 Å². The zero-order valence-electron chi connectivity index (χ0n) is 11.1. The molecule has 100 valence electrons. The van der Waals surface area contributed by atoms with Crippen LogP contribution in [-0.4, -0.2) is 35.4 Å². The summed E-state index contributed by atoms with van der Waals surface area (Å²) in [6.45, 7) is 4.83. The highest BCUT2D eigenvalue weighted by Crippen LogP contribution is 2.11. The topological polar surface area (TPSA) is 83.3 Å². The molecule has 0 spiro atoms. The molecule has 0 bridgehead atoms. The molecule has 1 amide bonds. The molecular weight excluding hydrogens is 230 g/mol. The summed E-state index contributed by atoms with van der Waals surface area (Å²) in [7, 11) is 1.88. The molecule has 1 heterocycles. The van der Waals surface area contributed by atoms with Gasteiger partial charge in [0.15, 0.2) is 0 Å². The summed E-state index contributed by atoms with van der Waals surface area (Å²) < 4.78 is 0. The summed E-state index contributed by atoms with van der Waals surface area (Å²) in [5.41, 5.74) is 3.51. The standard InChI is InChI=1S/C12H21N5O/c1-9(2)15-11(18)8-17(3)7-10-5-4-6-14-12(10)16-13/h4-6,9H,7-8,13H2,1-3H3,(H,14,16)(H,15,18). The van der Waals surface area contributed by atoms with Crippen LogP contribution in [0.4, 0.5) is 5.82 Å². The van der Waals surface area contributed by atoms with Gasteiger partial charge in [-0.05, 0) is 27.0 Å². The summed E-state index contributed by atoms with van der Waals surface area (Å²) in [5, 5.41) is 2.85. The molecule has 6 nitrogen and oxygen atoms in total. The van der Waals surface area contributed by atoms with Gasteiger partial charge in [-0.3, -0.25) is 9.69 Å². The Hall–Kier alpha value is -1.66. The smallest absolute Gasteiger partial charge is 0.234 e. The van der Waals surface area contributed by atoms with Crippen molar-refractivity contribution >= 4 is 11.7 Å². The average molecular weight is 251 g/mol. The van der Waals surface area contributed by atoms with Crippen LogP contribution in [0.3, 0.4) is 0 Å². The summed E-state index contributed by atoms with van der Waals surface area (Å²) >= 11 is 0. The molecule has 0 aliphatic carbocycles. The maximum atomic E-state index is 11.6. The quantitative estimate of drug-likeness (QED) is 0.501. The van der Waals surface area contributed by atoms with Crippen molar-refractivity contribution in [2.75, 3.05) is 19.0 Å². The van der Waals surface area contributed by atoms with Gasteiger partial charge in [0.25, 0.3) is 0 Å². The van der Waals surface area contributed by atoms with Gasteiger partial charge in [-0.1, -0.05) is 6.07 Å². The van der Waals surface area contributed by atoms with E-state index in [1.807, 2.05) is 37.9 Å². The van der Waals surface area contributed by atoms with E-state index in [2.05, 4.69) is 15.7 Å². The third kappa shape index (κ3) is 4.68. The van der Waals surface area contributed by atoms with Gasteiger partial charge in [0.1, 0.15) is 5.82 Å². The first-order valence-electron chi connectivity index (χ1n) is 5.91. The lowest BCUT2D eigenvalue weighted by Gasteiger charge is -2.18. The fraction of sp³-hybridized carbons (Fsp3) is 0.500. The normalized spacial score (nSPS) is 10.8. The highest BCUT2D eigenvalue weighted by Gasteiger charge is 2.10. The number of nitrogens with two attached hydrogens (primary N) is 1. The van der Waals surface area contributed by atoms with Crippen molar-refractivity contribution in [3.8, 4) is 0 Å². The molecule has 0 saturated heterocycles. The largest absolute Gasteiger partial charge is 0.353 e. The Labute approximate surface area is 108 Å². The van der Waals surface area contributed by atoms with Crippen molar-refractivity contribution in [3.63, 3.8) is 0 Å². The number of carbonyl (C=O) groups excluding carboxylic acids is 1. The zero-order chi connectivity index (χ0) is 13.5. The third-order valence-electron chi connectivity index (χ3n) is 2.33. The van der Waals surface area contributed by atoms with Gasteiger partial charge in [-0.2, -0.15) is 0 Å². The highest BCUT2D eigenvalue weighted by molar-refractivity contribution is 5.78. The first kappa shape index (κ1) is 14.4. The first-order chi connectivity index (χ1) is 8.52. The van der Waals surface area contributed by atoms with Gasteiger partial charge in [0, 0.05) is 24.3 Å². The number of nitrogen functional groups attached to an aromatic ring is 1. The van der Waals surface area contributed by atoms with Crippen LogP contribution in [0.1, 0.15) is 19.4 Å². The highest BCUT2D eigenvalue weighted by atomic mass is 16.2. The Morgan fingerprint density at radius 2 is 2.28 bits per heavy atom. The molecular formula is C12H21N5O. The lowest BCUT2D eigenvalue weighted by atomic mass is 10.2. The minimum absolute atomic E-state index is 0.0126. The lowest BCUT2D eigenvalue weighted by Crippen LogP contribution is -2.38. The van der Waals surface area contributed by atoms with Crippen molar-refractivity contribution < 1.29 is 4.79 Å². The second kappa shape index (κ2) is 6.93. The molecule has 0 aromatic carbocycles. The summed E-state index contributed by atoms with van der Waals surface area (Å²) in [6, 6.07) is 3.93. The molecule has 0 fully saturated rings. The van der Waals surface area contributed by atoms with Crippen molar-refractivity contribution in [1.82, 2.24) is 15.2 Å². The van der Waals surface area contributed by atoms with Crippen molar-refractivity contribution in [2.24, 2.45) is 5.84 Å². The molecule has 0 radical (unpaired) electrons. The minimum Gasteiger partial charge on any atom is -0.353 e. The average Bonchev–Trinajstić information content (AvgIpc) is 2.28. The Balaban J connectivity index is 2.54. The van der Waals surface area contributed by atoms with Gasteiger partial charge in [0.05, 0.1) is 6.54 Å². The van der Waals surface area contributed by atoms with Crippen LogP contribution in [0, 0.1) is 0 Å². The number of aromatic nitrogens is 1. The maximum Gasteiger partial charge on any atom is 0.234 e. The number of amides is 1. The molecule has 18 heavy (non-hydrogen) atoms. The third-order valence-corrected chi connectivity index (χ3v) is 2.33. The minimum atomic E-state index is 0.0126. The number of carbonyl (C=O) groups is 1. The zero-order valence-corrected chi connectivity index (χ0v) is 11.1. The van der Waals surface area contributed by atoms with E-state index in [9.17, 15) is 4.79 Å². The van der Waals surface area contributed by atoms with E-state index < -0.39 is 0 Å². The van der Waals surface area contributed by atoms with Gasteiger partial charge in [-0.15, -0.1) is 0 Å².